The van der Waals surface area contributed by atoms with Crippen LogP contribution in [0.25, 0.3) is 0 Å². The zero-order valence-electron chi connectivity index (χ0n) is 18.1. The quantitative estimate of drug-likeness (QED) is 0.573. The molecule has 2 aliphatic rings. The van der Waals surface area contributed by atoms with Crippen molar-refractivity contribution >= 4 is 17.5 Å². The molecule has 2 aromatic carbocycles. The van der Waals surface area contributed by atoms with E-state index in [1.54, 1.807) is 12.1 Å². The number of benzene rings is 2. The SMILES string of the molecule is CN(C)C1=NC(NC2CCC(NCc3ccc(C(=O)O)cc3)CC2)Nc2ccccc21. The van der Waals surface area contributed by atoms with Crippen molar-refractivity contribution in [3.63, 3.8) is 0 Å². The summed E-state index contributed by atoms with van der Waals surface area (Å²) in [6.07, 6.45) is 4.30. The van der Waals surface area contributed by atoms with Gasteiger partial charge in [-0.25, -0.2) is 9.79 Å². The lowest BCUT2D eigenvalue weighted by molar-refractivity contribution is 0.0697. The molecule has 0 radical (unpaired) electrons. The van der Waals surface area contributed by atoms with Crippen LogP contribution in [0.2, 0.25) is 0 Å². The van der Waals surface area contributed by atoms with E-state index < -0.39 is 5.97 Å². The van der Waals surface area contributed by atoms with Gasteiger partial charge in [-0.15, -0.1) is 0 Å². The minimum atomic E-state index is -0.886. The Morgan fingerprint density at radius 1 is 1.06 bits per heavy atom. The summed E-state index contributed by atoms with van der Waals surface area (Å²) in [5, 5.41) is 19.8. The number of anilines is 1. The predicted molar refractivity (Wildman–Crippen MR) is 123 cm³/mol. The van der Waals surface area contributed by atoms with E-state index in [1.165, 1.54) is 0 Å². The molecule has 1 heterocycles. The third-order valence-corrected chi connectivity index (χ3v) is 6.05. The average molecular weight is 422 g/mol. The predicted octanol–water partition coefficient (Wildman–Crippen LogP) is 3.09. The highest BCUT2D eigenvalue weighted by Crippen LogP contribution is 2.24. The molecule has 1 unspecified atom stereocenters. The van der Waals surface area contributed by atoms with E-state index in [2.05, 4.69) is 33.0 Å². The summed E-state index contributed by atoms with van der Waals surface area (Å²) in [6.45, 7) is 0.764. The number of nitrogens with zero attached hydrogens (tertiary/aromatic N) is 2. The van der Waals surface area contributed by atoms with Gasteiger partial charge in [0, 0.05) is 44.0 Å². The van der Waals surface area contributed by atoms with Crippen LogP contribution in [-0.2, 0) is 6.54 Å². The monoisotopic (exact) mass is 421 g/mol. The number of carboxylic acid groups (broad SMARTS) is 1. The van der Waals surface area contributed by atoms with Crippen molar-refractivity contribution in [3.05, 3.63) is 65.2 Å². The molecule has 1 aliphatic heterocycles. The number of aliphatic imine (C=N–C) groups is 1. The zero-order valence-corrected chi connectivity index (χ0v) is 18.1. The molecule has 1 aliphatic carbocycles. The van der Waals surface area contributed by atoms with E-state index in [0.29, 0.717) is 17.6 Å². The smallest absolute Gasteiger partial charge is 0.335 e. The molecule has 7 heteroatoms. The van der Waals surface area contributed by atoms with Crippen LogP contribution in [0.5, 0.6) is 0 Å². The van der Waals surface area contributed by atoms with Gasteiger partial charge in [-0.3, -0.25) is 5.32 Å². The van der Waals surface area contributed by atoms with E-state index in [9.17, 15) is 4.79 Å². The Morgan fingerprint density at radius 3 is 2.42 bits per heavy atom. The Bertz CT molecular complexity index is 933. The van der Waals surface area contributed by atoms with E-state index in [0.717, 1.165) is 54.9 Å². The number of nitrogens with one attached hydrogen (secondary N) is 3. The van der Waals surface area contributed by atoms with Gasteiger partial charge in [0.05, 0.1) is 5.56 Å². The molecule has 1 saturated carbocycles. The molecule has 0 amide bonds. The first-order valence-corrected chi connectivity index (χ1v) is 10.9. The fourth-order valence-electron chi connectivity index (χ4n) is 4.33. The number of hydrogen-bond acceptors (Lipinski definition) is 6. The minimum absolute atomic E-state index is 0.116. The first-order valence-electron chi connectivity index (χ1n) is 10.9. The molecule has 2 aromatic rings. The third kappa shape index (κ3) is 5.24. The van der Waals surface area contributed by atoms with E-state index in [4.69, 9.17) is 10.1 Å². The lowest BCUT2D eigenvalue weighted by Crippen LogP contribution is -2.48. The number of para-hydroxylation sites is 1. The maximum atomic E-state index is 11.0. The van der Waals surface area contributed by atoms with E-state index >= 15 is 0 Å². The lowest BCUT2D eigenvalue weighted by Gasteiger charge is -2.34. The first-order chi connectivity index (χ1) is 15.0. The summed E-state index contributed by atoms with van der Waals surface area (Å²) >= 11 is 0. The number of carboxylic acids is 1. The first kappa shape index (κ1) is 21.3. The van der Waals surface area contributed by atoms with Crippen LogP contribution in [-0.4, -0.2) is 54.3 Å². The van der Waals surface area contributed by atoms with Gasteiger partial charge >= 0.3 is 5.97 Å². The van der Waals surface area contributed by atoms with E-state index in [-0.39, 0.29) is 6.29 Å². The van der Waals surface area contributed by atoms with Crippen molar-refractivity contribution in [2.45, 2.75) is 50.6 Å². The van der Waals surface area contributed by atoms with Crippen LogP contribution in [0.1, 0.15) is 47.2 Å². The largest absolute Gasteiger partial charge is 0.478 e. The minimum Gasteiger partial charge on any atom is -0.478 e. The molecule has 0 saturated heterocycles. The van der Waals surface area contributed by atoms with Crippen LogP contribution < -0.4 is 16.0 Å². The molecule has 7 nitrogen and oxygen atoms in total. The average Bonchev–Trinajstić information content (AvgIpc) is 2.78. The molecule has 164 valence electrons. The van der Waals surface area contributed by atoms with Gasteiger partial charge < -0.3 is 20.6 Å². The van der Waals surface area contributed by atoms with Gasteiger partial charge in [-0.2, -0.15) is 0 Å². The topological polar surface area (TPSA) is 89.0 Å². The van der Waals surface area contributed by atoms with Crippen LogP contribution >= 0.6 is 0 Å². The Morgan fingerprint density at radius 2 is 1.74 bits per heavy atom. The molecule has 1 atom stereocenters. The molecule has 0 bridgehead atoms. The van der Waals surface area contributed by atoms with Crippen LogP contribution in [0.4, 0.5) is 5.69 Å². The summed E-state index contributed by atoms with van der Waals surface area (Å²) in [4.78, 5) is 17.9. The van der Waals surface area contributed by atoms with Gasteiger partial charge in [0.1, 0.15) is 5.84 Å². The fraction of sp³-hybridized carbons (Fsp3) is 0.417. The Hall–Kier alpha value is -2.90. The molecule has 0 spiro atoms. The second kappa shape index (κ2) is 9.49. The van der Waals surface area contributed by atoms with Crippen LogP contribution in [0.15, 0.2) is 53.5 Å². The number of carbonyl (C=O) groups is 1. The number of rotatable bonds is 6. The van der Waals surface area contributed by atoms with Crippen LogP contribution in [0, 0.1) is 0 Å². The van der Waals surface area contributed by atoms with Gasteiger partial charge in [-0.1, -0.05) is 24.3 Å². The Balaban J connectivity index is 1.27. The normalized spacial score (nSPS) is 22.8. The summed E-state index contributed by atoms with van der Waals surface area (Å²) in [5.41, 5.74) is 3.69. The van der Waals surface area contributed by atoms with Gasteiger partial charge in [0.15, 0.2) is 6.29 Å². The summed E-state index contributed by atoms with van der Waals surface area (Å²) in [6, 6.07) is 16.3. The molecular formula is C24H31N5O2. The summed E-state index contributed by atoms with van der Waals surface area (Å²) in [5.74, 6) is 0.111. The number of fused-ring (bicyclic) bond motifs is 1. The molecule has 4 N–H and O–H groups in total. The maximum Gasteiger partial charge on any atom is 0.335 e. The van der Waals surface area contributed by atoms with Crippen molar-refractivity contribution < 1.29 is 9.90 Å². The second-order valence-electron chi connectivity index (χ2n) is 8.54. The molecule has 31 heavy (non-hydrogen) atoms. The molecule has 4 rings (SSSR count). The van der Waals surface area contributed by atoms with Crippen molar-refractivity contribution in [1.82, 2.24) is 15.5 Å². The number of aromatic carboxylic acids is 1. The van der Waals surface area contributed by atoms with Gasteiger partial charge in [0.2, 0.25) is 0 Å². The summed E-state index contributed by atoms with van der Waals surface area (Å²) in [7, 11) is 4.06. The zero-order chi connectivity index (χ0) is 21.8. The summed E-state index contributed by atoms with van der Waals surface area (Å²) < 4.78 is 0. The van der Waals surface area contributed by atoms with Crippen molar-refractivity contribution in [1.29, 1.82) is 0 Å². The molecular weight excluding hydrogens is 390 g/mol. The molecule has 1 fully saturated rings. The van der Waals surface area contributed by atoms with Crippen molar-refractivity contribution in [2.75, 3.05) is 19.4 Å². The Kier molecular flexibility index (Phi) is 6.53. The maximum absolute atomic E-state index is 11.0. The Labute approximate surface area is 183 Å². The van der Waals surface area contributed by atoms with Crippen LogP contribution in [0.3, 0.4) is 0 Å². The van der Waals surface area contributed by atoms with Gasteiger partial charge in [-0.05, 0) is 55.5 Å². The van der Waals surface area contributed by atoms with Gasteiger partial charge in [0.25, 0.3) is 0 Å². The van der Waals surface area contributed by atoms with Crippen molar-refractivity contribution in [3.8, 4) is 0 Å². The number of amidine groups is 1. The second-order valence-corrected chi connectivity index (χ2v) is 8.54. The van der Waals surface area contributed by atoms with Crippen molar-refractivity contribution in [2.24, 2.45) is 4.99 Å². The number of hydrogen-bond donors (Lipinski definition) is 4. The lowest BCUT2D eigenvalue weighted by atomic mass is 9.91. The fourth-order valence-corrected chi connectivity index (χ4v) is 4.33. The standard InChI is InChI=1S/C24H31N5O2/c1-29(2)22-20-5-3-4-6-21(20)27-24(28-22)26-19-13-11-18(12-14-19)25-15-16-7-9-17(10-8-16)23(30)31/h3-10,18-19,24-27H,11-15H2,1-2H3,(H,30,31). The highest BCUT2D eigenvalue weighted by atomic mass is 16.4. The molecule has 0 aromatic heterocycles. The highest BCUT2D eigenvalue weighted by Gasteiger charge is 2.26. The third-order valence-electron chi connectivity index (χ3n) is 6.05. The highest BCUT2D eigenvalue weighted by molar-refractivity contribution is 6.04. The van der Waals surface area contributed by atoms with E-state index in [1.807, 2.05) is 38.4 Å².